The fourth-order valence-electron chi connectivity index (χ4n) is 2.75. The first-order valence-electron chi connectivity index (χ1n) is 9.45. The van der Waals surface area contributed by atoms with Crippen molar-refractivity contribution in [2.24, 2.45) is 0 Å². The van der Waals surface area contributed by atoms with Gasteiger partial charge in [0.1, 0.15) is 5.82 Å². The molecule has 0 spiro atoms. The maximum absolute atomic E-state index is 13.3. The number of alkyl halides is 3. The van der Waals surface area contributed by atoms with Crippen LogP contribution in [0.15, 0.2) is 53.4 Å². The molecule has 1 aromatic heterocycles. The van der Waals surface area contributed by atoms with Gasteiger partial charge in [-0.2, -0.15) is 13.2 Å². The van der Waals surface area contributed by atoms with E-state index in [1.54, 1.807) is 24.3 Å². The number of nitrogens with zero attached hydrogens (tertiary/aromatic N) is 1. The van der Waals surface area contributed by atoms with Gasteiger partial charge in [0.25, 0.3) is 5.91 Å². The van der Waals surface area contributed by atoms with E-state index < -0.39 is 28.6 Å². The molecule has 0 saturated carbocycles. The largest absolute Gasteiger partial charge is 0.434 e. The topological polar surface area (TPSA) is 68.0 Å². The fraction of sp³-hybridized carbons (Fsp3) is 0.182. The third-order valence-corrected chi connectivity index (χ3v) is 4.70. The smallest absolute Gasteiger partial charge is 0.398 e. The molecule has 2 aromatic carbocycles. The number of hydrogen-bond donors (Lipinski definition) is 3. The van der Waals surface area contributed by atoms with Crippen LogP contribution in [0.5, 0.6) is 0 Å². The first kappa shape index (κ1) is 25.5. The van der Waals surface area contributed by atoms with Crippen molar-refractivity contribution in [1.82, 2.24) is 4.98 Å². The molecular weight excluding hydrogens is 466 g/mol. The number of nitrogens with one attached hydrogen (secondary N) is 1. The zero-order chi connectivity index (χ0) is 24.1. The summed E-state index contributed by atoms with van der Waals surface area (Å²) in [6.07, 6.45) is -5.06. The maximum Gasteiger partial charge on any atom is 0.434 e. The van der Waals surface area contributed by atoms with Crippen molar-refractivity contribution in [3.05, 3.63) is 81.9 Å². The predicted molar refractivity (Wildman–Crippen MR) is 121 cm³/mol. The summed E-state index contributed by atoms with van der Waals surface area (Å²) < 4.78 is 53.2. The molecule has 0 atom stereocenters. The summed E-state index contributed by atoms with van der Waals surface area (Å²) >= 11 is 9.94. The second kappa shape index (κ2) is 10.7. The Bertz CT molecular complexity index is 1120. The Labute approximate surface area is 193 Å². The van der Waals surface area contributed by atoms with Crippen LogP contribution in [0.4, 0.5) is 28.9 Å². The lowest BCUT2D eigenvalue weighted by Gasteiger charge is -2.15. The van der Waals surface area contributed by atoms with E-state index in [9.17, 15) is 22.4 Å². The minimum atomic E-state index is -4.82. The van der Waals surface area contributed by atoms with E-state index in [0.717, 1.165) is 18.2 Å². The minimum absolute atomic E-state index is 0.0226. The highest BCUT2D eigenvalue weighted by molar-refractivity contribution is 7.80. The van der Waals surface area contributed by atoms with Gasteiger partial charge < -0.3 is 11.1 Å². The van der Waals surface area contributed by atoms with E-state index in [2.05, 4.69) is 22.9 Å². The Hall–Kier alpha value is -2.78. The molecule has 0 aliphatic carbocycles. The molecule has 0 bridgehead atoms. The van der Waals surface area contributed by atoms with Gasteiger partial charge in [0.15, 0.2) is 5.69 Å². The maximum atomic E-state index is 13.3. The minimum Gasteiger partial charge on any atom is -0.398 e. The number of anilines is 2. The molecule has 32 heavy (non-hydrogen) atoms. The van der Waals surface area contributed by atoms with Crippen molar-refractivity contribution < 1.29 is 22.4 Å². The van der Waals surface area contributed by atoms with Crippen LogP contribution in [0.1, 0.15) is 41.2 Å². The summed E-state index contributed by atoms with van der Waals surface area (Å²) in [6.45, 7) is 4.00. The number of carbonyl (C=O) groups is 1. The summed E-state index contributed by atoms with van der Waals surface area (Å²) in [4.78, 5) is 17.0. The lowest BCUT2D eigenvalue weighted by atomic mass is 10.0. The standard InChI is InChI=1S/C20H14ClF4N3OS.C2H6/c21-15-9-14(19(29)27-12-2-1-3-13(30)8-12)17(28-18(15)20(23,24)25)6-10-4-5-11(22)7-16(10)26;1-2/h1-5,7-9,30H,6,26H2,(H,27,29);1-2H3. The average molecular weight is 486 g/mol. The highest BCUT2D eigenvalue weighted by atomic mass is 35.5. The molecule has 0 aliphatic heterocycles. The Morgan fingerprint density at radius 1 is 1.16 bits per heavy atom. The van der Waals surface area contributed by atoms with Crippen molar-refractivity contribution >= 4 is 41.5 Å². The van der Waals surface area contributed by atoms with Gasteiger partial charge in [0.05, 0.1) is 16.3 Å². The van der Waals surface area contributed by atoms with Gasteiger partial charge in [0, 0.05) is 22.7 Å². The Kier molecular flexibility index (Phi) is 8.51. The van der Waals surface area contributed by atoms with Crippen LogP contribution in [0.3, 0.4) is 0 Å². The zero-order valence-corrected chi connectivity index (χ0v) is 18.7. The fourth-order valence-corrected chi connectivity index (χ4v) is 3.23. The Balaban J connectivity index is 0.00000176. The van der Waals surface area contributed by atoms with Crippen molar-refractivity contribution in [2.75, 3.05) is 11.1 Å². The van der Waals surface area contributed by atoms with Gasteiger partial charge in [-0.15, -0.1) is 12.6 Å². The number of aromatic nitrogens is 1. The molecule has 4 nitrogen and oxygen atoms in total. The lowest BCUT2D eigenvalue weighted by molar-refractivity contribution is -0.141. The number of nitrogens with two attached hydrogens (primary N) is 1. The molecule has 1 amide bonds. The molecule has 0 unspecified atom stereocenters. The molecule has 0 radical (unpaired) electrons. The number of rotatable bonds is 4. The zero-order valence-electron chi connectivity index (χ0n) is 17.1. The third-order valence-electron chi connectivity index (χ3n) is 4.14. The van der Waals surface area contributed by atoms with Crippen molar-refractivity contribution in [1.29, 1.82) is 0 Å². The van der Waals surface area contributed by atoms with Crippen LogP contribution < -0.4 is 11.1 Å². The van der Waals surface area contributed by atoms with Crippen molar-refractivity contribution in [2.45, 2.75) is 31.3 Å². The van der Waals surface area contributed by atoms with E-state index >= 15 is 0 Å². The number of thiol groups is 1. The Morgan fingerprint density at radius 2 is 1.84 bits per heavy atom. The van der Waals surface area contributed by atoms with Crippen LogP contribution >= 0.6 is 24.2 Å². The Morgan fingerprint density at radius 3 is 2.44 bits per heavy atom. The van der Waals surface area contributed by atoms with E-state index in [1.165, 1.54) is 6.07 Å². The summed E-state index contributed by atoms with van der Waals surface area (Å²) in [5.74, 6) is -1.31. The van der Waals surface area contributed by atoms with E-state index in [4.69, 9.17) is 17.3 Å². The number of nitrogen functional groups attached to an aromatic ring is 1. The monoisotopic (exact) mass is 485 g/mol. The van der Waals surface area contributed by atoms with Gasteiger partial charge in [-0.3, -0.25) is 4.79 Å². The molecule has 0 saturated heterocycles. The number of pyridine rings is 1. The number of amides is 1. The third kappa shape index (κ3) is 6.37. The van der Waals surface area contributed by atoms with Gasteiger partial charge in [0.2, 0.25) is 0 Å². The van der Waals surface area contributed by atoms with Crippen molar-refractivity contribution in [3.63, 3.8) is 0 Å². The number of hydrogen-bond acceptors (Lipinski definition) is 4. The van der Waals surface area contributed by atoms with Crippen LogP contribution in [-0.4, -0.2) is 10.9 Å². The highest BCUT2D eigenvalue weighted by Crippen LogP contribution is 2.35. The second-order valence-corrected chi connectivity index (χ2v) is 7.26. The lowest BCUT2D eigenvalue weighted by Crippen LogP contribution is -2.19. The van der Waals surface area contributed by atoms with Gasteiger partial charge in [-0.1, -0.05) is 37.6 Å². The van der Waals surface area contributed by atoms with Crippen LogP contribution in [0, 0.1) is 5.82 Å². The van der Waals surface area contributed by atoms with Gasteiger partial charge >= 0.3 is 6.18 Å². The molecule has 0 aliphatic rings. The SMILES string of the molecule is CC.Nc1cc(F)ccc1Cc1nc(C(F)(F)F)c(Cl)cc1C(=O)Nc1cccc(S)c1. The van der Waals surface area contributed by atoms with Gasteiger partial charge in [-0.25, -0.2) is 9.37 Å². The normalized spacial score (nSPS) is 10.9. The highest BCUT2D eigenvalue weighted by Gasteiger charge is 2.36. The molecule has 3 N–H and O–H groups in total. The average Bonchev–Trinajstić information content (AvgIpc) is 2.71. The van der Waals surface area contributed by atoms with Crippen LogP contribution in [0.2, 0.25) is 5.02 Å². The van der Waals surface area contributed by atoms with Crippen LogP contribution in [-0.2, 0) is 12.6 Å². The van der Waals surface area contributed by atoms with Crippen LogP contribution in [0.25, 0.3) is 0 Å². The summed E-state index contributed by atoms with van der Waals surface area (Å²) in [6, 6.07) is 10.9. The molecule has 170 valence electrons. The van der Waals surface area contributed by atoms with Crippen molar-refractivity contribution in [3.8, 4) is 0 Å². The number of carbonyl (C=O) groups excluding carboxylic acids is 1. The van der Waals surface area contributed by atoms with E-state index in [1.807, 2.05) is 13.8 Å². The number of halogens is 5. The van der Waals surface area contributed by atoms with Gasteiger partial charge in [-0.05, 0) is 42.0 Å². The summed E-state index contributed by atoms with van der Waals surface area (Å²) in [5.41, 5.74) is 4.79. The van der Waals surface area contributed by atoms with E-state index in [0.29, 0.717) is 16.1 Å². The first-order valence-corrected chi connectivity index (χ1v) is 10.3. The summed E-state index contributed by atoms with van der Waals surface area (Å²) in [5, 5.41) is 1.86. The summed E-state index contributed by atoms with van der Waals surface area (Å²) in [7, 11) is 0. The number of benzene rings is 2. The molecule has 1 heterocycles. The molecule has 10 heteroatoms. The van der Waals surface area contributed by atoms with E-state index in [-0.39, 0.29) is 23.4 Å². The second-order valence-electron chi connectivity index (χ2n) is 6.34. The quantitative estimate of drug-likeness (QED) is 0.220. The molecular formula is C22H20ClF4N3OS. The first-order chi connectivity index (χ1) is 15.0. The molecule has 0 fully saturated rings. The molecule has 3 aromatic rings. The molecule has 3 rings (SSSR count). The predicted octanol–water partition coefficient (Wildman–Crippen LogP) is 6.63.